The van der Waals surface area contributed by atoms with Gasteiger partial charge < -0.3 is 4.90 Å². The molecule has 0 unspecified atom stereocenters. The lowest BCUT2D eigenvalue weighted by Crippen LogP contribution is -2.47. The molecule has 4 nitrogen and oxygen atoms in total. The fourth-order valence-electron chi connectivity index (χ4n) is 8.25. The van der Waals surface area contributed by atoms with E-state index in [9.17, 15) is 0 Å². The molecular formula is C52H38N4Si. The molecule has 9 aromatic rings. The summed E-state index contributed by atoms with van der Waals surface area (Å²) in [5.41, 5.74) is 13.1. The number of para-hydroxylation sites is 2. The van der Waals surface area contributed by atoms with Crippen molar-refractivity contribution in [2.24, 2.45) is 0 Å². The third-order valence-electron chi connectivity index (χ3n) is 11.0. The Bertz CT molecular complexity index is 2700. The normalized spacial score (nSPS) is 12.2. The highest BCUT2D eigenvalue weighted by molar-refractivity contribution is 6.87. The summed E-state index contributed by atoms with van der Waals surface area (Å²) >= 11 is 0. The molecule has 0 saturated heterocycles. The van der Waals surface area contributed by atoms with E-state index >= 15 is 0 Å². The van der Waals surface area contributed by atoms with Crippen LogP contribution in [0.15, 0.2) is 206 Å². The van der Waals surface area contributed by atoms with E-state index in [1.807, 2.05) is 36.4 Å². The van der Waals surface area contributed by atoms with E-state index < -0.39 is 8.80 Å². The van der Waals surface area contributed by atoms with Crippen LogP contribution in [0.4, 0.5) is 17.1 Å². The van der Waals surface area contributed by atoms with Gasteiger partial charge in [-0.3, -0.25) is 0 Å². The van der Waals surface area contributed by atoms with Gasteiger partial charge in [0.1, 0.15) is 8.80 Å². The minimum Gasteiger partial charge on any atom is -0.310 e. The molecule has 0 bridgehead atoms. The van der Waals surface area contributed by atoms with Crippen LogP contribution in [0, 0.1) is 0 Å². The summed E-state index contributed by atoms with van der Waals surface area (Å²) in [5, 5.41) is 2.83. The van der Waals surface area contributed by atoms with Crippen LogP contribution in [0.3, 0.4) is 0 Å². The summed E-state index contributed by atoms with van der Waals surface area (Å²) in [4.78, 5) is 18.2. The maximum absolute atomic E-state index is 5.34. The van der Waals surface area contributed by atoms with E-state index in [0.717, 1.165) is 55.8 Å². The van der Waals surface area contributed by atoms with Gasteiger partial charge in [-0.1, -0.05) is 189 Å². The minimum absolute atomic E-state index is 0.615. The molecular weight excluding hydrogens is 709 g/mol. The molecule has 0 amide bonds. The highest BCUT2D eigenvalue weighted by Crippen LogP contribution is 2.46. The molecule has 0 spiro atoms. The van der Waals surface area contributed by atoms with Crippen molar-refractivity contribution in [3.05, 3.63) is 206 Å². The Hall–Kier alpha value is -7.21. The second kappa shape index (κ2) is 14.8. The third kappa shape index (κ3) is 6.34. The molecule has 0 atom stereocenters. The van der Waals surface area contributed by atoms with Gasteiger partial charge in [0.25, 0.3) is 0 Å². The van der Waals surface area contributed by atoms with Gasteiger partial charge >= 0.3 is 0 Å². The molecule has 1 aromatic heterocycles. The smallest absolute Gasteiger partial charge is 0.166 e. The van der Waals surface area contributed by atoms with E-state index in [4.69, 9.17) is 15.0 Å². The first-order valence-corrected chi connectivity index (χ1v) is 21.8. The minimum atomic E-state index is -1.46. The zero-order valence-corrected chi connectivity index (χ0v) is 32.7. The molecule has 10 rings (SSSR count). The number of anilines is 3. The van der Waals surface area contributed by atoms with Gasteiger partial charge in [0.15, 0.2) is 17.5 Å². The lowest BCUT2D eigenvalue weighted by Gasteiger charge is -2.37. The Morgan fingerprint density at radius 3 is 1.25 bits per heavy atom. The number of fused-ring (bicyclic) bond motifs is 2. The molecule has 5 heteroatoms. The summed E-state index contributed by atoms with van der Waals surface area (Å²) in [6.45, 7) is 2.44. The van der Waals surface area contributed by atoms with Crippen LogP contribution in [0.1, 0.15) is 0 Å². The quantitative estimate of drug-likeness (QED) is 0.152. The fraction of sp³-hybridized carbons (Fsp3) is 0.0192. The first-order valence-electron chi connectivity index (χ1n) is 19.4. The van der Waals surface area contributed by atoms with Gasteiger partial charge in [-0.05, 0) is 68.0 Å². The SMILES string of the molecule is C[SiH]1c2ccccc2N(c2ccc(-c3c(-c4ccccc4)cccc3-c3ccccc3)cc2-c2nc(-c3ccccc3)nc(-c3ccccc3)n2)c2ccccc21. The van der Waals surface area contributed by atoms with Crippen LogP contribution >= 0.6 is 0 Å². The fourth-order valence-corrected chi connectivity index (χ4v) is 10.7. The first kappa shape index (κ1) is 34.3. The Balaban J connectivity index is 1.30. The van der Waals surface area contributed by atoms with Crippen molar-refractivity contribution in [1.29, 1.82) is 0 Å². The van der Waals surface area contributed by atoms with E-state index in [1.165, 1.54) is 21.7 Å². The highest BCUT2D eigenvalue weighted by atomic mass is 28.3. The van der Waals surface area contributed by atoms with Gasteiger partial charge in [-0.25, -0.2) is 15.0 Å². The van der Waals surface area contributed by atoms with E-state index in [2.05, 4.69) is 181 Å². The number of nitrogens with zero attached hydrogens (tertiary/aromatic N) is 4. The molecule has 0 aliphatic carbocycles. The maximum atomic E-state index is 5.34. The molecule has 57 heavy (non-hydrogen) atoms. The highest BCUT2D eigenvalue weighted by Gasteiger charge is 2.31. The van der Waals surface area contributed by atoms with Crippen molar-refractivity contribution in [3.63, 3.8) is 0 Å². The van der Waals surface area contributed by atoms with Crippen molar-refractivity contribution < 1.29 is 0 Å². The Kier molecular flexibility index (Phi) is 8.90. The summed E-state index contributed by atoms with van der Waals surface area (Å²) < 4.78 is 0. The number of aromatic nitrogens is 3. The second-order valence-electron chi connectivity index (χ2n) is 14.4. The lowest BCUT2D eigenvalue weighted by molar-refractivity contribution is 1.07. The van der Waals surface area contributed by atoms with Gasteiger partial charge in [0, 0.05) is 28.1 Å². The third-order valence-corrected chi connectivity index (χ3v) is 13.8. The van der Waals surface area contributed by atoms with Crippen LogP contribution < -0.4 is 15.3 Å². The van der Waals surface area contributed by atoms with Crippen molar-refractivity contribution in [2.45, 2.75) is 6.55 Å². The lowest BCUT2D eigenvalue weighted by atomic mass is 9.86. The van der Waals surface area contributed by atoms with Crippen LogP contribution in [0.25, 0.3) is 67.5 Å². The standard InChI is InChI=1S/C52H38N4Si/c1-57-47-31-16-14-29-45(47)56(46-30-15-17-32-48(46)57)44-34-33-40(49-41(36-19-6-2-7-20-36)27-18-28-42(49)37-21-8-3-9-22-37)35-43(44)52-54-50(38-23-10-4-11-24-38)53-51(55-52)39-25-12-5-13-26-39/h2-35,57H,1H3. The topological polar surface area (TPSA) is 41.9 Å². The molecule has 0 radical (unpaired) electrons. The maximum Gasteiger partial charge on any atom is 0.166 e. The molecule has 2 heterocycles. The van der Waals surface area contributed by atoms with Gasteiger partial charge in [-0.2, -0.15) is 0 Å². The Labute approximate surface area is 335 Å². The number of hydrogen-bond acceptors (Lipinski definition) is 4. The molecule has 0 N–H and O–H groups in total. The molecule has 0 fully saturated rings. The second-order valence-corrected chi connectivity index (χ2v) is 17.1. The molecule has 0 saturated carbocycles. The van der Waals surface area contributed by atoms with E-state index in [-0.39, 0.29) is 0 Å². The predicted molar refractivity (Wildman–Crippen MR) is 239 cm³/mol. The number of benzene rings is 8. The van der Waals surface area contributed by atoms with Crippen LogP contribution in [0.2, 0.25) is 6.55 Å². The Morgan fingerprint density at radius 2 is 0.754 bits per heavy atom. The Morgan fingerprint density at radius 1 is 0.333 bits per heavy atom. The zero-order chi connectivity index (χ0) is 38.1. The monoisotopic (exact) mass is 746 g/mol. The summed E-state index contributed by atoms with van der Waals surface area (Å²) in [6, 6.07) is 73.1. The van der Waals surface area contributed by atoms with Gasteiger partial charge in [-0.15, -0.1) is 0 Å². The average Bonchev–Trinajstić information content (AvgIpc) is 3.30. The number of hydrogen-bond donors (Lipinski definition) is 0. The molecule has 270 valence electrons. The van der Waals surface area contributed by atoms with Crippen LogP contribution in [0.5, 0.6) is 0 Å². The van der Waals surface area contributed by atoms with E-state index in [0.29, 0.717) is 17.5 Å². The largest absolute Gasteiger partial charge is 0.310 e. The predicted octanol–water partition coefficient (Wildman–Crippen LogP) is 11.6. The first-order chi connectivity index (χ1) is 28.2. The van der Waals surface area contributed by atoms with Gasteiger partial charge in [0.2, 0.25) is 0 Å². The van der Waals surface area contributed by atoms with Crippen molar-refractivity contribution in [1.82, 2.24) is 15.0 Å². The molecule has 1 aliphatic heterocycles. The van der Waals surface area contributed by atoms with Crippen LogP contribution in [-0.2, 0) is 0 Å². The number of rotatable bonds is 7. The summed E-state index contributed by atoms with van der Waals surface area (Å²) in [7, 11) is -1.46. The molecule has 1 aliphatic rings. The van der Waals surface area contributed by atoms with Gasteiger partial charge in [0.05, 0.1) is 5.69 Å². The van der Waals surface area contributed by atoms with Crippen LogP contribution in [-0.4, -0.2) is 23.7 Å². The average molecular weight is 747 g/mol. The zero-order valence-electron chi connectivity index (χ0n) is 31.5. The van der Waals surface area contributed by atoms with E-state index in [1.54, 1.807) is 0 Å². The summed E-state index contributed by atoms with van der Waals surface area (Å²) in [6.07, 6.45) is 0. The van der Waals surface area contributed by atoms with Crippen molar-refractivity contribution in [2.75, 3.05) is 4.90 Å². The van der Waals surface area contributed by atoms with Crippen molar-refractivity contribution >= 4 is 36.2 Å². The summed E-state index contributed by atoms with van der Waals surface area (Å²) in [5.74, 6) is 1.88. The van der Waals surface area contributed by atoms with Crippen molar-refractivity contribution in [3.8, 4) is 67.5 Å². The molecule has 8 aromatic carbocycles.